The molecular formula is C17H24ClN3O2. The third-order valence-electron chi connectivity index (χ3n) is 4.60. The van der Waals surface area contributed by atoms with Crippen LogP contribution >= 0.6 is 12.4 Å². The quantitative estimate of drug-likeness (QED) is 0.891. The number of nitrogens with one attached hydrogen (secondary N) is 1. The molecular weight excluding hydrogens is 314 g/mol. The Morgan fingerprint density at radius 2 is 1.96 bits per heavy atom. The van der Waals surface area contributed by atoms with E-state index in [4.69, 9.17) is 0 Å². The molecule has 0 spiro atoms. The molecule has 0 aliphatic carbocycles. The summed E-state index contributed by atoms with van der Waals surface area (Å²) < 4.78 is 0. The van der Waals surface area contributed by atoms with Gasteiger partial charge in [-0.15, -0.1) is 12.4 Å². The minimum absolute atomic E-state index is 0. The zero-order chi connectivity index (χ0) is 15.7. The molecule has 6 heteroatoms. The zero-order valence-corrected chi connectivity index (χ0v) is 14.4. The Morgan fingerprint density at radius 1 is 1.26 bits per heavy atom. The van der Waals surface area contributed by atoms with Gasteiger partial charge in [0.15, 0.2) is 0 Å². The van der Waals surface area contributed by atoms with Crippen LogP contribution in [0.15, 0.2) is 24.3 Å². The lowest BCUT2D eigenvalue weighted by molar-refractivity contribution is -0.138. The molecule has 2 saturated heterocycles. The van der Waals surface area contributed by atoms with Crippen LogP contribution in [0.2, 0.25) is 0 Å². The van der Waals surface area contributed by atoms with Gasteiger partial charge in [-0.25, -0.2) is 0 Å². The first-order valence-corrected chi connectivity index (χ1v) is 7.94. The highest BCUT2D eigenvalue weighted by Crippen LogP contribution is 2.27. The molecule has 0 saturated carbocycles. The normalized spacial score (nSPS) is 24.5. The van der Waals surface area contributed by atoms with Gasteiger partial charge >= 0.3 is 0 Å². The zero-order valence-electron chi connectivity index (χ0n) is 13.6. The summed E-state index contributed by atoms with van der Waals surface area (Å²) in [5.41, 5.74) is 2.05. The molecule has 0 aromatic heterocycles. The van der Waals surface area contributed by atoms with Crippen LogP contribution in [0.25, 0.3) is 0 Å². The van der Waals surface area contributed by atoms with E-state index in [-0.39, 0.29) is 36.2 Å². The minimum Gasteiger partial charge on any atom is -0.337 e. The fraction of sp³-hybridized carbons (Fsp3) is 0.529. The summed E-state index contributed by atoms with van der Waals surface area (Å²) in [5, 5.41) is 3.29. The second-order valence-corrected chi connectivity index (χ2v) is 6.33. The van der Waals surface area contributed by atoms with Crippen molar-refractivity contribution in [3.05, 3.63) is 29.8 Å². The van der Waals surface area contributed by atoms with Crippen LogP contribution in [0.4, 0.5) is 5.69 Å². The second-order valence-electron chi connectivity index (χ2n) is 6.33. The van der Waals surface area contributed by atoms with Gasteiger partial charge in [0.05, 0.1) is 5.92 Å². The van der Waals surface area contributed by atoms with Gasteiger partial charge in [0.25, 0.3) is 0 Å². The fourth-order valence-corrected chi connectivity index (χ4v) is 3.25. The van der Waals surface area contributed by atoms with E-state index in [0.29, 0.717) is 13.0 Å². The van der Waals surface area contributed by atoms with Crippen LogP contribution in [0.5, 0.6) is 0 Å². The number of carbonyl (C=O) groups is 2. The standard InChI is InChI=1S/C17H23N3O2.ClH/c1-12-3-5-15(6-4-12)20-11-14(9-16(20)21)17(22)19-8-7-18-10-13(19)2;/h3-6,13-14,18H,7-11H2,1-2H3;1H/t13-,14?;/m0./s1. The van der Waals surface area contributed by atoms with Crippen LogP contribution in [0.3, 0.4) is 0 Å². The molecule has 1 unspecified atom stereocenters. The predicted molar refractivity (Wildman–Crippen MR) is 92.9 cm³/mol. The van der Waals surface area contributed by atoms with Gasteiger partial charge in [-0.3, -0.25) is 9.59 Å². The smallest absolute Gasteiger partial charge is 0.228 e. The number of hydrogen-bond donors (Lipinski definition) is 1. The molecule has 5 nitrogen and oxygen atoms in total. The number of rotatable bonds is 2. The van der Waals surface area contributed by atoms with E-state index in [1.165, 1.54) is 0 Å². The molecule has 3 rings (SSSR count). The minimum atomic E-state index is -0.214. The summed E-state index contributed by atoms with van der Waals surface area (Å²) in [4.78, 5) is 28.7. The summed E-state index contributed by atoms with van der Waals surface area (Å²) in [7, 11) is 0. The SMILES string of the molecule is Cc1ccc(N2CC(C(=O)N3CCNC[C@@H]3C)CC2=O)cc1.Cl. The van der Waals surface area contributed by atoms with Gasteiger partial charge in [0.2, 0.25) is 11.8 Å². The fourth-order valence-electron chi connectivity index (χ4n) is 3.25. The maximum absolute atomic E-state index is 12.7. The highest BCUT2D eigenvalue weighted by molar-refractivity contribution is 6.00. The number of halogens is 1. The number of benzene rings is 1. The van der Waals surface area contributed by atoms with Crippen molar-refractivity contribution in [2.45, 2.75) is 26.3 Å². The van der Waals surface area contributed by atoms with Crippen molar-refractivity contribution in [1.29, 1.82) is 0 Å². The van der Waals surface area contributed by atoms with E-state index in [2.05, 4.69) is 12.2 Å². The Kier molecular flexibility index (Phi) is 5.65. The molecule has 1 aromatic carbocycles. The van der Waals surface area contributed by atoms with Gasteiger partial charge in [-0.2, -0.15) is 0 Å². The Bertz CT molecular complexity index is 576. The maximum atomic E-state index is 12.7. The number of aryl methyl sites for hydroxylation is 1. The first kappa shape index (κ1) is 17.8. The number of carbonyl (C=O) groups excluding carboxylic acids is 2. The van der Waals surface area contributed by atoms with Gasteiger partial charge < -0.3 is 15.1 Å². The molecule has 2 aliphatic heterocycles. The summed E-state index contributed by atoms with van der Waals surface area (Å²) >= 11 is 0. The number of nitrogens with zero attached hydrogens (tertiary/aromatic N) is 2. The third kappa shape index (κ3) is 3.67. The average molecular weight is 338 g/mol. The molecule has 0 bridgehead atoms. The Morgan fingerprint density at radius 3 is 2.61 bits per heavy atom. The van der Waals surface area contributed by atoms with Crippen molar-refractivity contribution in [2.75, 3.05) is 31.1 Å². The molecule has 2 fully saturated rings. The van der Waals surface area contributed by atoms with Crippen molar-refractivity contribution in [2.24, 2.45) is 5.92 Å². The molecule has 1 aromatic rings. The van der Waals surface area contributed by atoms with Gasteiger partial charge in [-0.1, -0.05) is 17.7 Å². The van der Waals surface area contributed by atoms with Crippen molar-refractivity contribution >= 4 is 29.9 Å². The van der Waals surface area contributed by atoms with Crippen LogP contribution in [-0.2, 0) is 9.59 Å². The average Bonchev–Trinajstić information content (AvgIpc) is 2.90. The second kappa shape index (κ2) is 7.32. The monoisotopic (exact) mass is 337 g/mol. The van der Waals surface area contributed by atoms with Gasteiger partial charge in [0.1, 0.15) is 0 Å². The van der Waals surface area contributed by atoms with E-state index < -0.39 is 0 Å². The van der Waals surface area contributed by atoms with Crippen LogP contribution in [0.1, 0.15) is 18.9 Å². The van der Waals surface area contributed by atoms with E-state index >= 15 is 0 Å². The summed E-state index contributed by atoms with van der Waals surface area (Å²) in [6.07, 6.45) is 0.323. The van der Waals surface area contributed by atoms with Gasteiger partial charge in [-0.05, 0) is 26.0 Å². The number of piperazine rings is 1. The number of hydrogen-bond acceptors (Lipinski definition) is 3. The van der Waals surface area contributed by atoms with Crippen LogP contribution < -0.4 is 10.2 Å². The lowest BCUT2D eigenvalue weighted by atomic mass is 10.1. The Balaban J connectivity index is 0.00000192. The Hall–Kier alpha value is -1.59. The lowest BCUT2D eigenvalue weighted by Gasteiger charge is -2.35. The first-order valence-electron chi connectivity index (χ1n) is 7.94. The molecule has 126 valence electrons. The topological polar surface area (TPSA) is 52.7 Å². The van der Waals surface area contributed by atoms with Crippen molar-refractivity contribution in [1.82, 2.24) is 10.2 Å². The predicted octanol–water partition coefficient (Wildman–Crippen LogP) is 1.59. The summed E-state index contributed by atoms with van der Waals surface area (Å²) in [6.45, 7) is 6.96. The number of anilines is 1. The summed E-state index contributed by atoms with van der Waals surface area (Å²) in [6, 6.07) is 8.10. The maximum Gasteiger partial charge on any atom is 0.228 e. The van der Waals surface area contributed by atoms with Crippen molar-refractivity contribution < 1.29 is 9.59 Å². The molecule has 2 amide bonds. The van der Waals surface area contributed by atoms with E-state index in [9.17, 15) is 9.59 Å². The largest absolute Gasteiger partial charge is 0.337 e. The molecule has 0 radical (unpaired) electrons. The van der Waals surface area contributed by atoms with Crippen LogP contribution in [-0.4, -0.2) is 48.9 Å². The van der Waals surface area contributed by atoms with Crippen LogP contribution in [0, 0.1) is 12.8 Å². The van der Waals surface area contributed by atoms with Crippen molar-refractivity contribution in [3.8, 4) is 0 Å². The molecule has 23 heavy (non-hydrogen) atoms. The molecule has 2 aliphatic rings. The molecule has 1 N–H and O–H groups in total. The van der Waals surface area contributed by atoms with E-state index in [0.717, 1.165) is 30.9 Å². The first-order chi connectivity index (χ1) is 10.6. The number of amides is 2. The highest BCUT2D eigenvalue weighted by atomic mass is 35.5. The molecule has 2 heterocycles. The highest BCUT2D eigenvalue weighted by Gasteiger charge is 2.38. The third-order valence-corrected chi connectivity index (χ3v) is 4.60. The van der Waals surface area contributed by atoms with E-state index in [1.807, 2.05) is 36.1 Å². The molecule has 2 atom stereocenters. The van der Waals surface area contributed by atoms with E-state index in [1.54, 1.807) is 4.90 Å². The lowest BCUT2D eigenvalue weighted by Crippen LogP contribution is -2.54. The van der Waals surface area contributed by atoms with Crippen molar-refractivity contribution in [3.63, 3.8) is 0 Å². The Labute approximate surface area is 143 Å². The summed E-state index contributed by atoms with van der Waals surface area (Å²) in [5.74, 6) is -0.0451. The van der Waals surface area contributed by atoms with Gasteiger partial charge in [0, 0.05) is 44.3 Å².